The van der Waals surface area contributed by atoms with Crippen LogP contribution in [0.2, 0.25) is 0 Å². The van der Waals surface area contributed by atoms with Gasteiger partial charge in [-0.1, -0.05) is 6.92 Å². The van der Waals surface area contributed by atoms with Crippen LogP contribution >= 0.6 is 15.9 Å². The molecule has 0 saturated carbocycles. The summed E-state index contributed by atoms with van der Waals surface area (Å²) in [5, 5.41) is 3.23. The first-order valence-electron chi connectivity index (χ1n) is 5.66. The second-order valence-corrected chi connectivity index (χ2v) is 5.46. The predicted octanol–water partition coefficient (Wildman–Crippen LogP) is 1.76. The molecule has 94 valence electrons. The Morgan fingerprint density at radius 3 is 3.00 bits per heavy atom. The fourth-order valence-corrected chi connectivity index (χ4v) is 2.20. The zero-order chi connectivity index (χ0) is 12.3. The minimum atomic E-state index is -0.167. The third-order valence-corrected chi connectivity index (χ3v) is 3.91. The first kappa shape index (κ1) is 12.6. The average molecular weight is 302 g/mol. The Hall–Kier alpha value is -0.880. The second-order valence-electron chi connectivity index (χ2n) is 4.67. The maximum Gasteiger partial charge on any atom is 0.267 e. The molecule has 0 aromatic carbocycles. The smallest absolute Gasteiger partial charge is 0.267 e. The molecule has 2 N–H and O–H groups in total. The van der Waals surface area contributed by atoms with Crippen LogP contribution in [0.5, 0.6) is 0 Å². The maximum absolute atomic E-state index is 11.4. The van der Waals surface area contributed by atoms with Gasteiger partial charge in [0.15, 0.2) is 0 Å². The number of aromatic nitrogens is 2. The van der Waals surface area contributed by atoms with Crippen LogP contribution in [0.3, 0.4) is 0 Å². The van der Waals surface area contributed by atoms with E-state index in [1.165, 1.54) is 6.33 Å². The summed E-state index contributed by atoms with van der Waals surface area (Å²) in [5.74, 6) is 0.599. The van der Waals surface area contributed by atoms with Crippen LogP contribution < -0.4 is 10.9 Å². The van der Waals surface area contributed by atoms with E-state index in [0.717, 1.165) is 32.6 Å². The monoisotopic (exact) mass is 301 g/mol. The van der Waals surface area contributed by atoms with Gasteiger partial charge in [0.05, 0.1) is 6.33 Å². The summed E-state index contributed by atoms with van der Waals surface area (Å²) < 4.78 is 5.81. The van der Waals surface area contributed by atoms with Crippen LogP contribution in [-0.4, -0.2) is 29.7 Å². The van der Waals surface area contributed by atoms with Gasteiger partial charge in [0.25, 0.3) is 5.56 Å². The Morgan fingerprint density at radius 2 is 2.29 bits per heavy atom. The summed E-state index contributed by atoms with van der Waals surface area (Å²) in [7, 11) is 0. The van der Waals surface area contributed by atoms with Crippen LogP contribution in [0.1, 0.15) is 19.8 Å². The summed E-state index contributed by atoms with van der Waals surface area (Å²) in [4.78, 5) is 18.0. The van der Waals surface area contributed by atoms with E-state index in [1.54, 1.807) is 0 Å². The molecule has 1 aromatic rings. The van der Waals surface area contributed by atoms with Crippen LogP contribution in [0.4, 0.5) is 5.82 Å². The van der Waals surface area contributed by atoms with Gasteiger partial charge in [-0.2, -0.15) is 0 Å². The molecule has 0 radical (unpaired) electrons. The van der Waals surface area contributed by atoms with Crippen LogP contribution in [0.25, 0.3) is 0 Å². The molecule has 1 aromatic heterocycles. The van der Waals surface area contributed by atoms with Gasteiger partial charge in [-0.25, -0.2) is 4.98 Å². The second kappa shape index (κ2) is 5.18. The highest BCUT2D eigenvalue weighted by atomic mass is 79.9. The van der Waals surface area contributed by atoms with Gasteiger partial charge in [0.1, 0.15) is 10.3 Å². The van der Waals surface area contributed by atoms with Crippen molar-refractivity contribution in [3.8, 4) is 0 Å². The third-order valence-electron chi connectivity index (χ3n) is 3.18. The van der Waals surface area contributed by atoms with E-state index in [4.69, 9.17) is 4.74 Å². The van der Waals surface area contributed by atoms with Crippen molar-refractivity contribution in [3.63, 3.8) is 0 Å². The Morgan fingerprint density at radius 1 is 1.59 bits per heavy atom. The number of nitrogens with zero attached hydrogens (tertiary/aromatic N) is 1. The molecule has 2 rings (SSSR count). The molecule has 1 aliphatic rings. The van der Waals surface area contributed by atoms with Crippen LogP contribution in [0, 0.1) is 5.41 Å². The Labute approximate surface area is 108 Å². The summed E-state index contributed by atoms with van der Waals surface area (Å²) in [6.07, 6.45) is 3.46. The lowest BCUT2D eigenvalue weighted by Gasteiger charge is -2.33. The van der Waals surface area contributed by atoms with Crippen molar-refractivity contribution in [3.05, 3.63) is 21.2 Å². The van der Waals surface area contributed by atoms with E-state index in [0.29, 0.717) is 10.3 Å². The molecule has 1 saturated heterocycles. The van der Waals surface area contributed by atoms with Crippen molar-refractivity contribution in [1.82, 2.24) is 9.97 Å². The Balaban J connectivity index is 2.02. The number of anilines is 1. The molecule has 0 bridgehead atoms. The number of H-pyrrole nitrogens is 1. The standard InChI is InChI=1S/C11H16BrN3O2/c1-11(2-4-17-5-3-11)6-13-9-8(12)10(16)15-7-14-9/h7H,2-6H2,1H3,(H2,13,14,15,16). The highest BCUT2D eigenvalue weighted by Gasteiger charge is 2.27. The van der Waals surface area contributed by atoms with Gasteiger partial charge in [0.2, 0.25) is 0 Å². The van der Waals surface area contributed by atoms with Gasteiger partial charge in [0, 0.05) is 19.8 Å². The minimum Gasteiger partial charge on any atom is -0.381 e. The van der Waals surface area contributed by atoms with E-state index in [9.17, 15) is 4.79 Å². The lowest BCUT2D eigenvalue weighted by Crippen LogP contribution is -2.33. The zero-order valence-electron chi connectivity index (χ0n) is 9.75. The van der Waals surface area contributed by atoms with Crippen molar-refractivity contribution in [1.29, 1.82) is 0 Å². The third kappa shape index (κ3) is 3.07. The molecule has 1 aliphatic heterocycles. The highest BCUT2D eigenvalue weighted by molar-refractivity contribution is 9.10. The topological polar surface area (TPSA) is 67.0 Å². The molecular weight excluding hydrogens is 286 g/mol. The molecule has 1 fully saturated rings. The Bertz CT molecular complexity index is 441. The first-order chi connectivity index (χ1) is 8.11. The summed E-state index contributed by atoms with van der Waals surface area (Å²) in [6, 6.07) is 0. The fraction of sp³-hybridized carbons (Fsp3) is 0.636. The molecule has 5 nitrogen and oxygen atoms in total. The van der Waals surface area contributed by atoms with Crippen molar-refractivity contribution >= 4 is 21.7 Å². The summed E-state index contributed by atoms with van der Waals surface area (Å²) in [6.45, 7) is 4.64. The molecule has 0 spiro atoms. The van der Waals surface area contributed by atoms with Crippen LogP contribution in [0.15, 0.2) is 15.6 Å². The minimum absolute atomic E-state index is 0.167. The van der Waals surface area contributed by atoms with Gasteiger partial charge in [-0.15, -0.1) is 0 Å². The van der Waals surface area contributed by atoms with Gasteiger partial charge >= 0.3 is 0 Å². The van der Waals surface area contributed by atoms with Crippen molar-refractivity contribution in [2.24, 2.45) is 5.41 Å². The van der Waals surface area contributed by atoms with E-state index in [1.807, 2.05) is 0 Å². The number of hydrogen-bond donors (Lipinski definition) is 2. The van der Waals surface area contributed by atoms with E-state index in [2.05, 4.69) is 38.1 Å². The zero-order valence-corrected chi connectivity index (χ0v) is 11.3. The van der Waals surface area contributed by atoms with Gasteiger partial charge in [-0.05, 0) is 34.2 Å². The molecule has 17 heavy (non-hydrogen) atoms. The quantitative estimate of drug-likeness (QED) is 0.893. The molecule has 6 heteroatoms. The van der Waals surface area contributed by atoms with E-state index in [-0.39, 0.29) is 11.0 Å². The molecule has 0 amide bonds. The average Bonchev–Trinajstić information content (AvgIpc) is 2.32. The number of ether oxygens (including phenoxy) is 1. The van der Waals surface area contributed by atoms with Crippen molar-refractivity contribution in [2.75, 3.05) is 25.1 Å². The molecule has 0 unspecified atom stereocenters. The summed E-state index contributed by atoms with van der Waals surface area (Å²) >= 11 is 3.23. The lowest BCUT2D eigenvalue weighted by molar-refractivity contribution is 0.0299. The van der Waals surface area contributed by atoms with Crippen LogP contribution in [-0.2, 0) is 4.74 Å². The molecule has 2 heterocycles. The molecule has 0 atom stereocenters. The van der Waals surface area contributed by atoms with E-state index < -0.39 is 0 Å². The number of aromatic amines is 1. The van der Waals surface area contributed by atoms with Crippen molar-refractivity contribution in [2.45, 2.75) is 19.8 Å². The number of hydrogen-bond acceptors (Lipinski definition) is 4. The number of halogens is 1. The number of rotatable bonds is 3. The lowest BCUT2D eigenvalue weighted by atomic mass is 9.82. The maximum atomic E-state index is 11.4. The first-order valence-corrected chi connectivity index (χ1v) is 6.45. The Kier molecular flexibility index (Phi) is 3.83. The summed E-state index contributed by atoms with van der Waals surface area (Å²) in [5.41, 5.74) is 0.0433. The highest BCUT2D eigenvalue weighted by Crippen LogP contribution is 2.30. The predicted molar refractivity (Wildman–Crippen MR) is 69.2 cm³/mol. The fourth-order valence-electron chi connectivity index (χ4n) is 1.84. The SMILES string of the molecule is CC1(CNc2nc[nH]c(=O)c2Br)CCOCC1. The molecular formula is C11H16BrN3O2. The van der Waals surface area contributed by atoms with E-state index >= 15 is 0 Å². The largest absolute Gasteiger partial charge is 0.381 e. The normalized spacial score (nSPS) is 18.9. The van der Waals surface area contributed by atoms with Crippen molar-refractivity contribution < 1.29 is 4.74 Å². The van der Waals surface area contributed by atoms with Gasteiger partial charge < -0.3 is 15.0 Å². The molecule has 0 aliphatic carbocycles. The van der Waals surface area contributed by atoms with Gasteiger partial charge in [-0.3, -0.25) is 4.79 Å². The number of nitrogens with one attached hydrogen (secondary N) is 2.